The van der Waals surface area contributed by atoms with Crippen molar-refractivity contribution in [3.8, 4) is 5.75 Å². The van der Waals surface area contributed by atoms with Crippen molar-refractivity contribution in [2.75, 3.05) is 13.7 Å². The number of methoxy groups -OCH3 is 1. The van der Waals surface area contributed by atoms with E-state index < -0.39 is 0 Å². The first-order valence-electron chi connectivity index (χ1n) is 5.53. The van der Waals surface area contributed by atoms with Crippen molar-refractivity contribution in [2.24, 2.45) is 0 Å². The van der Waals surface area contributed by atoms with Gasteiger partial charge in [0, 0.05) is 18.2 Å². The highest BCUT2D eigenvalue weighted by atomic mass is 16.5. The Morgan fingerprint density at radius 2 is 2.40 bits per heavy atom. The lowest BCUT2D eigenvalue weighted by atomic mass is 10.1. The molecule has 0 aromatic carbocycles. The van der Waals surface area contributed by atoms with E-state index in [1.54, 1.807) is 7.11 Å². The summed E-state index contributed by atoms with van der Waals surface area (Å²) >= 11 is 0. The summed E-state index contributed by atoms with van der Waals surface area (Å²) in [5.74, 6) is 0.911. The second kappa shape index (κ2) is 4.62. The molecular formula is C12H18N2O. The molecule has 1 atom stereocenters. The summed E-state index contributed by atoms with van der Waals surface area (Å²) in [4.78, 5) is 4.54. The first kappa shape index (κ1) is 10.4. The Labute approximate surface area is 90.9 Å². The van der Waals surface area contributed by atoms with Crippen LogP contribution < -0.4 is 10.1 Å². The van der Waals surface area contributed by atoms with Crippen molar-refractivity contribution >= 4 is 0 Å². The average Bonchev–Trinajstić information content (AvgIpc) is 2.71. The van der Waals surface area contributed by atoms with Crippen LogP contribution in [-0.2, 0) is 6.42 Å². The Bertz CT molecular complexity index is 332. The van der Waals surface area contributed by atoms with Gasteiger partial charge in [-0.25, -0.2) is 0 Å². The molecule has 2 rings (SSSR count). The number of pyridine rings is 1. The molecule has 1 aromatic heterocycles. The van der Waals surface area contributed by atoms with Crippen molar-refractivity contribution in [1.29, 1.82) is 0 Å². The largest absolute Gasteiger partial charge is 0.495 e. The van der Waals surface area contributed by atoms with Crippen LogP contribution in [-0.4, -0.2) is 24.7 Å². The van der Waals surface area contributed by atoms with Crippen LogP contribution in [0.3, 0.4) is 0 Å². The second-order valence-electron chi connectivity index (χ2n) is 4.10. The number of hydrogen-bond donors (Lipinski definition) is 1. The Hall–Kier alpha value is -1.09. The average molecular weight is 206 g/mol. The Morgan fingerprint density at radius 1 is 1.53 bits per heavy atom. The molecule has 15 heavy (non-hydrogen) atoms. The molecule has 82 valence electrons. The number of rotatable bonds is 3. The summed E-state index contributed by atoms with van der Waals surface area (Å²) in [6.45, 7) is 3.16. The van der Waals surface area contributed by atoms with Gasteiger partial charge in [0.15, 0.2) is 0 Å². The smallest absolute Gasteiger partial charge is 0.140 e. The van der Waals surface area contributed by atoms with Crippen LogP contribution in [0.4, 0.5) is 0 Å². The molecule has 3 heteroatoms. The van der Waals surface area contributed by atoms with Crippen molar-refractivity contribution in [1.82, 2.24) is 10.3 Å². The minimum atomic E-state index is 0.577. The monoisotopic (exact) mass is 206 g/mol. The number of hydrogen-bond acceptors (Lipinski definition) is 3. The van der Waals surface area contributed by atoms with Gasteiger partial charge in [0.2, 0.25) is 0 Å². The molecule has 1 aliphatic heterocycles. The van der Waals surface area contributed by atoms with Crippen molar-refractivity contribution in [2.45, 2.75) is 32.2 Å². The highest BCUT2D eigenvalue weighted by Crippen LogP contribution is 2.20. The van der Waals surface area contributed by atoms with Crippen molar-refractivity contribution < 1.29 is 4.74 Å². The third kappa shape index (κ3) is 2.48. The Morgan fingerprint density at radius 3 is 3.07 bits per heavy atom. The molecule has 1 saturated heterocycles. The molecule has 0 radical (unpaired) electrons. The van der Waals surface area contributed by atoms with Gasteiger partial charge in [0.05, 0.1) is 12.8 Å². The number of nitrogens with zero attached hydrogens (tertiary/aromatic N) is 1. The topological polar surface area (TPSA) is 34.1 Å². The van der Waals surface area contributed by atoms with Gasteiger partial charge in [0.1, 0.15) is 5.75 Å². The number of ether oxygens (including phenoxy) is 1. The Balaban J connectivity index is 2.14. The summed E-state index contributed by atoms with van der Waals surface area (Å²) in [5, 5.41) is 3.48. The molecule has 0 bridgehead atoms. The highest BCUT2D eigenvalue weighted by molar-refractivity contribution is 5.29. The number of nitrogens with one attached hydrogen (secondary N) is 1. The van der Waals surface area contributed by atoms with Gasteiger partial charge in [0.25, 0.3) is 0 Å². The molecule has 1 N–H and O–H groups in total. The normalized spacial score (nSPS) is 20.5. The van der Waals surface area contributed by atoms with Crippen LogP contribution >= 0.6 is 0 Å². The number of aromatic nitrogens is 1. The first-order chi connectivity index (χ1) is 7.29. The van der Waals surface area contributed by atoms with Gasteiger partial charge in [-0.05, 0) is 38.4 Å². The molecule has 2 heterocycles. The molecule has 0 amide bonds. The summed E-state index contributed by atoms with van der Waals surface area (Å²) < 4.78 is 5.32. The fourth-order valence-electron chi connectivity index (χ4n) is 2.09. The zero-order valence-electron chi connectivity index (χ0n) is 9.42. The lowest BCUT2D eigenvalue weighted by Crippen LogP contribution is -2.24. The van der Waals surface area contributed by atoms with E-state index in [1.165, 1.54) is 12.8 Å². The minimum Gasteiger partial charge on any atom is -0.495 e. The minimum absolute atomic E-state index is 0.577. The molecule has 1 unspecified atom stereocenters. The van der Waals surface area contributed by atoms with Gasteiger partial charge in [-0.3, -0.25) is 4.98 Å². The summed E-state index contributed by atoms with van der Waals surface area (Å²) in [6.07, 6.45) is 3.50. The van der Waals surface area contributed by atoms with E-state index in [0.717, 1.165) is 30.1 Å². The van der Waals surface area contributed by atoms with Crippen molar-refractivity contribution in [3.05, 3.63) is 23.5 Å². The standard InChI is InChI=1S/C12H18N2O/c1-9-5-6-12(15-2)11(14-9)8-10-4-3-7-13-10/h5-6,10,13H,3-4,7-8H2,1-2H3. The highest BCUT2D eigenvalue weighted by Gasteiger charge is 2.17. The van der Waals surface area contributed by atoms with Crippen LogP contribution in [0.15, 0.2) is 12.1 Å². The molecule has 1 fully saturated rings. The third-order valence-corrected chi connectivity index (χ3v) is 2.89. The zero-order valence-corrected chi connectivity index (χ0v) is 9.42. The maximum Gasteiger partial charge on any atom is 0.140 e. The molecule has 0 saturated carbocycles. The van der Waals surface area contributed by atoms with E-state index >= 15 is 0 Å². The summed E-state index contributed by atoms with van der Waals surface area (Å²) in [5.41, 5.74) is 2.14. The molecular weight excluding hydrogens is 188 g/mol. The zero-order chi connectivity index (χ0) is 10.7. The van der Waals surface area contributed by atoms with Crippen molar-refractivity contribution in [3.63, 3.8) is 0 Å². The van der Waals surface area contributed by atoms with Crippen LogP contribution in [0.1, 0.15) is 24.2 Å². The number of aryl methyl sites for hydroxylation is 1. The summed E-state index contributed by atoms with van der Waals surface area (Å²) in [6, 6.07) is 4.57. The predicted octanol–water partition coefficient (Wildman–Crippen LogP) is 1.69. The molecule has 0 aliphatic carbocycles. The lowest BCUT2D eigenvalue weighted by molar-refractivity contribution is 0.403. The van der Waals surface area contributed by atoms with E-state index in [9.17, 15) is 0 Å². The van der Waals surface area contributed by atoms with Gasteiger partial charge in [-0.15, -0.1) is 0 Å². The quantitative estimate of drug-likeness (QED) is 0.817. The van der Waals surface area contributed by atoms with Crippen LogP contribution in [0.25, 0.3) is 0 Å². The van der Waals surface area contributed by atoms with Gasteiger partial charge < -0.3 is 10.1 Å². The fourth-order valence-corrected chi connectivity index (χ4v) is 2.09. The fraction of sp³-hybridized carbons (Fsp3) is 0.583. The van der Waals surface area contributed by atoms with E-state index in [-0.39, 0.29) is 0 Å². The van der Waals surface area contributed by atoms with E-state index in [4.69, 9.17) is 4.74 Å². The second-order valence-corrected chi connectivity index (χ2v) is 4.10. The molecule has 1 aliphatic rings. The molecule has 1 aromatic rings. The van der Waals surface area contributed by atoms with Gasteiger partial charge >= 0.3 is 0 Å². The first-order valence-corrected chi connectivity index (χ1v) is 5.53. The van der Waals surface area contributed by atoms with Crippen LogP contribution in [0, 0.1) is 6.92 Å². The van der Waals surface area contributed by atoms with E-state index in [0.29, 0.717) is 6.04 Å². The Kier molecular flexibility index (Phi) is 3.21. The lowest BCUT2D eigenvalue weighted by Gasteiger charge is -2.12. The van der Waals surface area contributed by atoms with E-state index in [2.05, 4.69) is 10.3 Å². The summed E-state index contributed by atoms with van der Waals surface area (Å²) in [7, 11) is 1.71. The van der Waals surface area contributed by atoms with Crippen LogP contribution in [0.5, 0.6) is 5.75 Å². The SMILES string of the molecule is COc1ccc(C)nc1CC1CCCN1. The third-order valence-electron chi connectivity index (χ3n) is 2.89. The molecule has 3 nitrogen and oxygen atoms in total. The van der Waals surface area contributed by atoms with Gasteiger partial charge in [-0.2, -0.15) is 0 Å². The van der Waals surface area contributed by atoms with Crippen LogP contribution in [0.2, 0.25) is 0 Å². The van der Waals surface area contributed by atoms with E-state index in [1.807, 2.05) is 19.1 Å². The maximum absolute atomic E-state index is 5.32. The van der Waals surface area contributed by atoms with Gasteiger partial charge in [-0.1, -0.05) is 0 Å². The maximum atomic E-state index is 5.32. The predicted molar refractivity (Wildman–Crippen MR) is 60.3 cm³/mol. The molecule has 0 spiro atoms.